The van der Waals surface area contributed by atoms with Crippen LogP contribution in [0.5, 0.6) is 0 Å². The first-order valence-corrected chi connectivity index (χ1v) is 5.56. The van der Waals surface area contributed by atoms with E-state index in [1.165, 1.54) is 12.3 Å². The van der Waals surface area contributed by atoms with Crippen LogP contribution >= 0.6 is 15.9 Å². The highest BCUT2D eigenvalue weighted by molar-refractivity contribution is 9.10. The highest BCUT2D eigenvalue weighted by Crippen LogP contribution is 2.29. The van der Waals surface area contributed by atoms with Crippen molar-refractivity contribution in [2.75, 3.05) is 6.61 Å². The summed E-state index contributed by atoms with van der Waals surface area (Å²) in [6.07, 6.45) is 1.69. The molecule has 82 valence electrons. The number of aliphatic hydroxyl groups is 1. The van der Waals surface area contributed by atoms with E-state index < -0.39 is 18.0 Å². The predicted molar refractivity (Wildman–Crippen MR) is 55.8 cm³/mol. The molecule has 0 bridgehead atoms. The van der Waals surface area contributed by atoms with Crippen molar-refractivity contribution in [3.63, 3.8) is 0 Å². The van der Waals surface area contributed by atoms with Crippen LogP contribution in [0.3, 0.4) is 0 Å². The Kier molecular flexibility index (Phi) is 3.33. The minimum absolute atomic E-state index is 0.275. The normalized spacial score (nSPS) is 26.6. The third-order valence-electron chi connectivity index (χ3n) is 2.40. The number of nitrogens with zero attached hydrogens (tertiary/aromatic N) is 1. The number of pyridine rings is 1. The number of ether oxygens (including phenoxy) is 1. The Hall–Kier alpha value is -0.520. The van der Waals surface area contributed by atoms with Gasteiger partial charge in [0.05, 0.1) is 6.10 Å². The van der Waals surface area contributed by atoms with Gasteiger partial charge in [-0.2, -0.15) is 0 Å². The molecule has 1 N–H and O–H groups in total. The SMILES string of the molecule is OC1CCOC(c2ncc(Br)cc2F)C1. The van der Waals surface area contributed by atoms with Crippen LogP contribution in [0.25, 0.3) is 0 Å². The van der Waals surface area contributed by atoms with Crippen LogP contribution in [-0.2, 0) is 4.74 Å². The van der Waals surface area contributed by atoms with Gasteiger partial charge in [-0.25, -0.2) is 4.39 Å². The van der Waals surface area contributed by atoms with Crippen LogP contribution in [0.1, 0.15) is 24.6 Å². The van der Waals surface area contributed by atoms with Crippen molar-refractivity contribution in [2.24, 2.45) is 0 Å². The van der Waals surface area contributed by atoms with Gasteiger partial charge in [0.15, 0.2) is 0 Å². The van der Waals surface area contributed by atoms with E-state index in [1.54, 1.807) is 0 Å². The summed E-state index contributed by atoms with van der Waals surface area (Å²) in [4.78, 5) is 3.98. The fourth-order valence-corrected chi connectivity index (χ4v) is 1.94. The fourth-order valence-electron chi connectivity index (χ4n) is 1.63. The molecule has 1 fully saturated rings. The molecule has 0 aromatic carbocycles. The molecular weight excluding hydrogens is 265 g/mol. The highest BCUT2D eigenvalue weighted by atomic mass is 79.9. The predicted octanol–water partition coefficient (Wildman–Crippen LogP) is 2.20. The average Bonchev–Trinajstić information content (AvgIpc) is 2.17. The van der Waals surface area contributed by atoms with E-state index in [4.69, 9.17) is 4.74 Å². The van der Waals surface area contributed by atoms with Crippen LogP contribution in [0.4, 0.5) is 4.39 Å². The highest BCUT2D eigenvalue weighted by Gasteiger charge is 2.25. The zero-order chi connectivity index (χ0) is 10.8. The maximum absolute atomic E-state index is 13.5. The quantitative estimate of drug-likeness (QED) is 0.855. The van der Waals surface area contributed by atoms with E-state index in [1.807, 2.05) is 0 Å². The maximum Gasteiger partial charge on any atom is 0.148 e. The molecule has 0 aliphatic carbocycles. The molecule has 0 radical (unpaired) electrons. The summed E-state index contributed by atoms with van der Waals surface area (Å²) in [5, 5.41) is 9.45. The second-order valence-corrected chi connectivity index (χ2v) is 4.47. The smallest absolute Gasteiger partial charge is 0.148 e. The second-order valence-electron chi connectivity index (χ2n) is 3.56. The molecule has 1 aliphatic heterocycles. The van der Waals surface area contributed by atoms with Crippen molar-refractivity contribution < 1.29 is 14.2 Å². The number of hydrogen-bond donors (Lipinski definition) is 1. The summed E-state index contributed by atoms with van der Waals surface area (Å²) in [5.41, 5.74) is 0.275. The molecule has 1 saturated heterocycles. The fraction of sp³-hybridized carbons (Fsp3) is 0.500. The summed E-state index contributed by atoms with van der Waals surface area (Å²) in [6, 6.07) is 1.35. The Morgan fingerprint density at radius 2 is 2.40 bits per heavy atom. The third kappa shape index (κ3) is 2.53. The molecule has 0 saturated carbocycles. The molecule has 15 heavy (non-hydrogen) atoms. The molecular formula is C10H11BrFNO2. The Morgan fingerprint density at radius 1 is 1.60 bits per heavy atom. The van der Waals surface area contributed by atoms with Crippen molar-refractivity contribution in [3.8, 4) is 0 Å². The lowest BCUT2D eigenvalue weighted by atomic mass is 10.0. The molecule has 2 rings (SSSR count). The van der Waals surface area contributed by atoms with E-state index in [-0.39, 0.29) is 5.69 Å². The maximum atomic E-state index is 13.5. The number of aliphatic hydroxyl groups excluding tert-OH is 1. The minimum atomic E-state index is -0.429. The molecule has 3 nitrogen and oxygen atoms in total. The Labute approximate surface area is 95.4 Å². The number of rotatable bonds is 1. The largest absolute Gasteiger partial charge is 0.393 e. The summed E-state index contributed by atoms with van der Waals surface area (Å²) < 4.78 is 19.5. The standard InChI is InChI=1S/C10H11BrFNO2/c11-6-3-8(12)10(13-5-6)9-4-7(14)1-2-15-9/h3,5,7,9,14H,1-2,4H2. The van der Waals surface area contributed by atoms with Crippen molar-refractivity contribution >= 4 is 15.9 Å². The molecule has 5 heteroatoms. The molecule has 0 spiro atoms. The first kappa shape index (κ1) is 11.0. The van der Waals surface area contributed by atoms with Gasteiger partial charge >= 0.3 is 0 Å². The third-order valence-corrected chi connectivity index (χ3v) is 2.83. The van der Waals surface area contributed by atoms with E-state index in [0.29, 0.717) is 23.9 Å². The monoisotopic (exact) mass is 275 g/mol. The minimum Gasteiger partial charge on any atom is -0.393 e. The van der Waals surface area contributed by atoms with Gasteiger partial charge in [0, 0.05) is 23.7 Å². The zero-order valence-corrected chi connectivity index (χ0v) is 9.58. The van der Waals surface area contributed by atoms with Crippen molar-refractivity contribution in [1.29, 1.82) is 0 Å². The van der Waals surface area contributed by atoms with Gasteiger partial charge in [0.25, 0.3) is 0 Å². The van der Waals surface area contributed by atoms with Crippen LogP contribution in [0.15, 0.2) is 16.7 Å². The van der Waals surface area contributed by atoms with E-state index in [9.17, 15) is 9.50 Å². The van der Waals surface area contributed by atoms with Crippen LogP contribution in [-0.4, -0.2) is 22.8 Å². The Balaban J connectivity index is 2.21. The van der Waals surface area contributed by atoms with Crippen molar-refractivity contribution in [1.82, 2.24) is 4.98 Å². The lowest BCUT2D eigenvalue weighted by Gasteiger charge is -2.26. The van der Waals surface area contributed by atoms with Gasteiger partial charge in [-0.05, 0) is 28.4 Å². The van der Waals surface area contributed by atoms with Gasteiger partial charge in [-0.3, -0.25) is 4.98 Å². The van der Waals surface area contributed by atoms with E-state index in [0.717, 1.165) is 0 Å². The molecule has 1 aliphatic rings. The van der Waals surface area contributed by atoms with E-state index in [2.05, 4.69) is 20.9 Å². The second kappa shape index (κ2) is 4.55. The molecule has 1 aromatic rings. The molecule has 0 amide bonds. The van der Waals surface area contributed by atoms with Crippen LogP contribution < -0.4 is 0 Å². The first-order valence-electron chi connectivity index (χ1n) is 4.77. The topological polar surface area (TPSA) is 42.4 Å². The van der Waals surface area contributed by atoms with E-state index >= 15 is 0 Å². The Morgan fingerprint density at radius 3 is 3.07 bits per heavy atom. The summed E-state index contributed by atoms with van der Waals surface area (Å²) >= 11 is 3.14. The first-order chi connectivity index (χ1) is 7.16. The summed E-state index contributed by atoms with van der Waals surface area (Å²) in [5.74, 6) is -0.400. The lowest BCUT2D eigenvalue weighted by Crippen LogP contribution is -2.24. The molecule has 2 heterocycles. The average molecular weight is 276 g/mol. The molecule has 1 aromatic heterocycles. The molecule has 2 unspecified atom stereocenters. The van der Waals surface area contributed by atoms with Crippen molar-refractivity contribution in [2.45, 2.75) is 25.0 Å². The lowest BCUT2D eigenvalue weighted by molar-refractivity contribution is -0.0481. The van der Waals surface area contributed by atoms with Crippen LogP contribution in [0, 0.1) is 5.82 Å². The zero-order valence-electron chi connectivity index (χ0n) is 7.99. The number of halogens is 2. The summed E-state index contributed by atoms with van der Waals surface area (Å²) in [7, 11) is 0. The van der Waals surface area contributed by atoms with Gasteiger partial charge < -0.3 is 9.84 Å². The molecule has 2 atom stereocenters. The van der Waals surface area contributed by atoms with Gasteiger partial charge in [-0.1, -0.05) is 0 Å². The van der Waals surface area contributed by atoms with Gasteiger partial charge in [0.1, 0.15) is 17.6 Å². The summed E-state index contributed by atoms with van der Waals surface area (Å²) in [6.45, 7) is 0.447. The number of hydrogen-bond acceptors (Lipinski definition) is 3. The Bertz CT molecular complexity index is 361. The van der Waals surface area contributed by atoms with Crippen LogP contribution in [0.2, 0.25) is 0 Å². The number of aromatic nitrogens is 1. The van der Waals surface area contributed by atoms with Gasteiger partial charge in [-0.15, -0.1) is 0 Å². The van der Waals surface area contributed by atoms with Crippen molar-refractivity contribution in [3.05, 3.63) is 28.2 Å². The van der Waals surface area contributed by atoms with Gasteiger partial charge in [0.2, 0.25) is 0 Å².